The summed E-state index contributed by atoms with van der Waals surface area (Å²) in [6, 6.07) is 0. The predicted octanol–water partition coefficient (Wildman–Crippen LogP) is 1.46. The van der Waals surface area contributed by atoms with Gasteiger partial charge in [-0.1, -0.05) is 28.3 Å². The SMILES string of the molecule is CSc1nc2c(=O)[nH]c(-c3nc(C)no3)nc2s1. The van der Waals surface area contributed by atoms with Gasteiger partial charge in [-0.05, 0) is 13.2 Å². The number of nitrogens with zero attached hydrogens (tertiary/aromatic N) is 4. The topological polar surface area (TPSA) is 97.6 Å². The van der Waals surface area contributed by atoms with Gasteiger partial charge in [0.15, 0.2) is 20.5 Å². The van der Waals surface area contributed by atoms with E-state index in [1.54, 1.807) is 6.92 Å². The highest BCUT2D eigenvalue weighted by molar-refractivity contribution is 8.00. The molecule has 9 heteroatoms. The van der Waals surface area contributed by atoms with Gasteiger partial charge in [-0.25, -0.2) is 9.97 Å². The van der Waals surface area contributed by atoms with Crippen molar-refractivity contribution in [1.29, 1.82) is 0 Å². The van der Waals surface area contributed by atoms with Gasteiger partial charge in [-0.2, -0.15) is 4.98 Å². The second-order valence-corrected chi connectivity index (χ2v) is 5.43. The summed E-state index contributed by atoms with van der Waals surface area (Å²) in [6.45, 7) is 1.70. The van der Waals surface area contributed by atoms with Crippen LogP contribution >= 0.6 is 23.1 Å². The van der Waals surface area contributed by atoms with Crippen molar-refractivity contribution in [3.63, 3.8) is 0 Å². The molecule has 3 aromatic heterocycles. The molecule has 0 aliphatic heterocycles. The molecule has 0 aliphatic rings. The van der Waals surface area contributed by atoms with E-state index in [9.17, 15) is 4.79 Å². The van der Waals surface area contributed by atoms with E-state index in [0.717, 1.165) is 4.34 Å². The van der Waals surface area contributed by atoms with Crippen molar-refractivity contribution in [1.82, 2.24) is 25.1 Å². The molecule has 0 aromatic carbocycles. The minimum atomic E-state index is -0.303. The fourth-order valence-corrected chi connectivity index (χ4v) is 2.82. The van der Waals surface area contributed by atoms with Gasteiger partial charge in [0.25, 0.3) is 11.4 Å². The zero-order valence-electron chi connectivity index (χ0n) is 9.42. The van der Waals surface area contributed by atoms with Crippen LogP contribution in [0.5, 0.6) is 0 Å². The molecule has 0 saturated carbocycles. The Balaban J connectivity index is 2.23. The van der Waals surface area contributed by atoms with E-state index in [1.165, 1.54) is 23.1 Å². The first-order chi connectivity index (χ1) is 8.67. The van der Waals surface area contributed by atoms with E-state index in [-0.39, 0.29) is 17.3 Å². The lowest BCUT2D eigenvalue weighted by Crippen LogP contribution is -2.09. The number of aromatic amines is 1. The molecule has 0 unspecified atom stereocenters. The second-order valence-electron chi connectivity index (χ2n) is 3.40. The summed E-state index contributed by atoms with van der Waals surface area (Å²) in [5.41, 5.74) is 0.0340. The molecule has 0 fully saturated rings. The number of hydrogen-bond donors (Lipinski definition) is 1. The standard InChI is InChI=1S/C9H7N5O2S2/c1-3-10-7(16-14-3)5-12-6(15)4-8(13-5)18-9(11-4)17-2/h1-2H3,(H,12,13,15). The van der Waals surface area contributed by atoms with Crippen LogP contribution in [0, 0.1) is 6.92 Å². The summed E-state index contributed by atoms with van der Waals surface area (Å²) in [4.78, 5) is 27.5. The number of H-pyrrole nitrogens is 1. The van der Waals surface area contributed by atoms with Gasteiger partial charge in [-0.15, -0.1) is 0 Å². The van der Waals surface area contributed by atoms with Crippen LogP contribution < -0.4 is 5.56 Å². The van der Waals surface area contributed by atoms with Crippen LogP contribution in [0.15, 0.2) is 13.7 Å². The average molecular weight is 281 g/mol. The largest absolute Gasteiger partial charge is 0.331 e. The number of hydrogen-bond acceptors (Lipinski definition) is 8. The molecule has 0 spiro atoms. The minimum absolute atomic E-state index is 0.200. The Morgan fingerprint density at radius 3 is 2.83 bits per heavy atom. The average Bonchev–Trinajstić information content (AvgIpc) is 2.94. The van der Waals surface area contributed by atoms with E-state index >= 15 is 0 Å². The molecule has 0 radical (unpaired) electrons. The van der Waals surface area contributed by atoms with Crippen LogP contribution in [0.1, 0.15) is 5.82 Å². The molecule has 0 amide bonds. The number of rotatable bonds is 2. The molecule has 0 atom stereocenters. The van der Waals surface area contributed by atoms with E-state index in [0.29, 0.717) is 16.2 Å². The van der Waals surface area contributed by atoms with Crippen LogP contribution in [0.2, 0.25) is 0 Å². The molecule has 18 heavy (non-hydrogen) atoms. The third kappa shape index (κ3) is 1.81. The van der Waals surface area contributed by atoms with Crippen molar-refractivity contribution in [3.05, 3.63) is 16.2 Å². The fourth-order valence-electron chi connectivity index (χ4n) is 1.39. The lowest BCUT2D eigenvalue weighted by atomic mass is 10.5. The molecule has 3 aromatic rings. The van der Waals surface area contributed by atoms with Crippen LogP contribution in [0.3, 0.4) is 0 Å². The molecule has 92 valence electrons. The number of fused-ring (bicyclic) bond motifs is 1. The van der Waals surface area contributed by atoms with E-state index in [2.05, 4.69) is 25.1 Å². The lowest BCUT2D eigenvalue weighted by molar-refractivity contribution is 0.423. The monoisotopic (exact) mass is 281 g/mol. The highest BCUT2D eigenvalue weighted by Gasteiger charge is 2.14. The molecule has 3 heterocycles. The first-order valence-electron chi connectivity index (χ1n) is 4.93. The van der Waals surface area contributed by atoms with Crippen molar-refractivity contribution < 1.29 is 4.52 Å². The zero-order valence-corrected chi connectivity index (χ0v) is 11.1. The summed E-state index contributed by atoms with van der Waals surface area (Å²) < 4.78 is 5.77. The quantitative estimate of drug-likeness (QED) is 0.710. The van der Waals surface area contributed by atoms with Gasteiger partial charge in [0.2, 0.25) is 5.82 Å². The Morgan fingerprint density at radius 2 is 2.17 bits per heavy atom. The number of nitrogens with one attached hydrogen (secondary N) is 1. The molecule has 0 saturated heterocycles. The summed E-state index contributed by atoms with van der Waals surface area (Å²) in [5.74, 6) is 0.955. The van der Waals surface area contributed by atoms with Gasteiger partial charge < -0.3 is 9.51 Å². The lowest BCUT2D eigenvalue weighted by Gasteiger charge is -1.92. The second kappa shape index (κ2) is 4.18. The van der Waals surface area contributed by atoms with Gasteiger partial charge in [0, 0.05) is 0 Å². The van der Waals surface area contributed by atoms with Crippen molar-refractivity contribution in [2.75, 3.05) is 6.26 Å². The Morgan fingerprint density at radius 1 is 1.33 bits per heavy atom. The third-order valence-electron chi connectivity index (χ3n) is 2.15. The summed E-state index contributed by atoms with van der Waals surface area (Å²) in [5, 5.41) is 3.66. The van der Waals surface area contributed by atoms with Gasteiger partial charge in [0.05, 0.1) is 0 Å². The van der Waals surface area contributed by atoms with Crippen LogP contribution in [0.4, 0.5) is 0 Å². The highest BCUT2D eigenvalue weighted by Crippen LogP contribution is 2.25. The maximum absolute atomic E-state index is 11.9. The minimum Gasteiger partial charge on any atom is -0.331 e. The molecule has 0 aliphatic carbocycles. The zero-order chi connectivity index (χ0) is 12.7. The summed E-state index contributed by atoms with van der Waals surface area (Å²) in [7, 11) is 0. The fraction of sp³-hybridized carbons (Fsp3) is 0.222. The number of aromatic nitrogens is 5. The number of thiazole rings is 1. The van der Waals surface area contributed by atoms with E-state index in [4.69, 9.17) is 4.52 Å². The predicted molar refractivity (Wildman–Crippen MR) is 67.8 cm³/mol. The molecule has 7 nitrogen and oxygen atoms in total. The smallest absolute Gasteiger partial charge is 0.293 e. The Kier molecular flexibility index (Phi) is 2.63. The van der Waals surface area contributed by atoms with Gasteiger partial charge in [0.1, 0.15) is 0 Å². The number of thioether (sulfide) groups is 1. The van der Waals surface area contributed by atoms with Crippen molar-refractivity contribution in [3.8, 4) is 11.7 Å². The van der Waals surface area contributed by atoms with Crippen LogP contribution in [-0.2, 0) is 0 Å². The maximum Gasteiger partial charge on any atom is 0.293 e. The van der Waals surface area contributed by atoms with Crippen molar-refractivity contribution in [2.45, 2.75) is 11.3 Å². The van der Waals surface area contributed by atoms with Crippen molar-refractivity contribution in [2.24, 2.45) is 0 Å². The summed E-state index contributed by atoms with van der Waals surface area (Å²) >= 11 is 2.83. The normalized spacial score (nSPS) is 11.2. The molecule has 3 rings (SSSR count). The van der Waals surface area contributed by atoms with Crippen LogP contribution in [0.25, 0.3) is 22.1 Å². The molecular formula is C9H7N5O2S2. The Hall–Kier alpha value is -1.74. The molecular weight excluding hydrogens is 274 g/mol. The third-order valence-corrected chi connectivity index (χ3v) is 4.09. The first-order valence-corrected chi connectivity index (χ1v) is 6.97. The molecule has 1 N–H and O–H groups in total. The highest BCUT2D eigenvalue weighted by atomic mass is 32.2. The van der Waals surface area contributed by atoms with Gasteiger partial charge >= 0.3 is 0 Å². The van der Waals surface area contributed by atoms with Gasteiger partial charge in [-0.3, -0.25) is 4.79 Å². The Bertz CT molecular complexity index is 775. The first kappa shape index (κ1) is 11.4. The van der Waals surface area contributed by atoms with E-state index < -0.39 is 0 Å². The summed E-state index contributed by atoms with van der Waals surface area (Å²) in [6.07, 6.45) is 1.90. The van der Waals surface area contributed by atoms with Crippen LogP contribution in [-0.4, -0.2) is 31.3 Å². The number of aryl methyl sites for hydroxylation is 1. The maximum atomic E-state index is 11.9. The Labute approximate surface area is 109 Å². The van der Waals surface area contributed by atoms with E-state index in [1.807, 2.05) is 6.26 Å². The molecule has 0 bridgehead atoms. The van der Waals surface area contributed by atoms with Crippen molar-refractivity contribution >= 4 is 33.4 Å².